The molecule has 1 aromatic carbocycles. The Morgan fingerprint density at radius 2 is 2.09 bits per heavy atom. The van der Waals surface area contributed by atoms with E-state index < -0.39 is 11.0 Å². The fourth-order valence-corrected chi connectivity index (χ4v) is 6.11. The van der Waals surface area contributed by atoms with Gasteiger partial charge in [-0.05, 0) is 72.9 Å². The lowest BCUT2D eigenvalue weighted by molar-refractivity contribution is -0.274. The second kappa shape index (κ2) is 3.86. The van der Waals surface area contributed by atoms with E-state index in [9.17, 15) is 14.7 Å². The number of carbonyl (C=O) groups is 1. The number of hydrogen-bond acceptors (Lipinski definition) is 4. The number of fused-ring (bicyclic) bond motifs is 2. The summed E-state index contributed by atoms with van der Waals surface area (Å²) in [7, 11) is 0. The minimum Gasteiger partial charge on any atom is -0.461 e. The molecule has 120 valence electrons. The van der Waals surface area contributed by atoms with Crippen molar-refractivity contribution in [1.82, 2.24) is 0 Å². The van der Waals surface area contributed by atoms with Crippen LogP contribution in [0.5, 0.6) is 0 Å². The quantitative estimate of drug-likeness (QED) is 0.739. The summed E-state index contributed by atoms with van der Waals surface area (Å²) < 4.78 is 5.72. The summed E-state index contributed by atoms with van der Waals surface area (Å²) in [4.78, 5) is 24.9. The van der Waals surface area contributed by atoms with Crippen LogP contribution in [-0.2, 0) is 28.0 Å². The van der Waals surface area contributed by atoms with Crippen LogP contribution < -0.4 is 5.43 Å². The zero-order chi connectivity index (χ0) is 16.1. The number of carbonyl (C=O) groups excluding carboxylic acids is 1. The molecule has 3 aliphatic carbocycles. The first-order chi connectivity index (χ1) is 10.9. The van der Waals surface area contributed by atoms with Crippen molar-refractivity contribution in [2.24, 2.45) is 17.3 Å². The zero-order valence-electron chi connectivity index (χ0n) is 13.4. The van der Waals surface area contributed by atoms with Gasteiger partial charge in [0, 0.05) is 5.92 Å². The van der Waals surface area contributed by atoms with Gasteiger partial charge in [0.2, 0.25) is 0 Å². The topological polar surface area (TPSA) is 63.6 Å². The lowest BCUT2D eigenvalue weighted by atomic mass is 9.47. The van der Waals surface area contributed by atoms with Crippen molar-refractivity contribution in [2.45, 2.75) is 51.2 Å². The standard InChI is InChI=1S/C19H20O4/c1-9-5-12(20)7-11-3-4-18-10(2)6-15(23-17(18)21)14-8-13(9)16(11)19(14,18)22/h5,7,10,14-15,22H,3-4,6,8H2,1-2H3/t10-,14+,15-,18+,19?/m1/s1. The molecule has 1 aromatic rings. The van der Waals surface area contributed by atoms with Crippen LogP contribution in [0.15, 0.2) is 16.9 Å². The van der Waals surface area contributed by atoms with Crippen molar-refractivity contribution in [3.05, 3.63) is 44.6 Å². The van der Waals surface area contributed by atoms with E-state index in [1.807, 2.05) is 6.92 Å². The molecule has 0 aromatic heterocycles. The van der Waals surface area contributed by atoms with Crippen molar-refractivity contribution >= 4 is 5.97 Å². The maximum atomic E-state index is 12.8. The molecule has 6 rings (SSSR count). The lowest BCUT2D eigenvalue weighted by Crippen LogP contribution is -2.70. The van der Waals surface area contributed by atoms with E-state index in [-0.39, 0.29) is 29.3 Å². The minimum atomic E-state index is -1.16. The highest BCUT2D eigenvalue weighted by Gasteiger charge is 2.75. The van der Waals surface area contributed by atoms with Gasteiger partial charge >= 0.3 is 5.97 Å². The summed E-state index contributed by atoms with van der Waals surface area (Å²) in [6, 6.07) is 3.33. The summed E-state index contributed by atoms with van der Waals surface area (Å²) >= 11 is 0. The largest absolute Gasteiger partial charge is 0.461 e. The van der Waals surface area contributed by atoms with E-state index in [1.165, 1.54) is 0 Å². The molecule has 2 saturated heterocycles. The Labute approximate surface area is 134 Å². The van der Waals surface area contributed by atoms with Crippen molar-refractivity contribution < 1.29 is 14.6 Å². The summed E-state index contributed by atoms with van der Waals surface area (Å²) in [6.45, 7) is 4.01. The van der Waals surface area contributed by atoms with Crippen LogP contribution in [0.25, 0.3) is 0 Å². The molecule has 5 aliphatic rings. The smallest absolute Gasteiger partial charge is 0.315 e. The van der Waals surface area contributed by atoms with Gasteiger partial charge in [0.25, 0.3) is 0 Å². The molecular formula is C19H20O4. The first-order valence-electron chi connectivity index (χ1n) is 8.50. The average molecular weight is 312 g/mol. The summed E-state index contributed by atoms with van der Waals surface area (Å²) in [5, 5.41) is 11.9. The van der Waals surface area contributed by atoms with Gasteiger partial charge in [-0.2, -0.15) is 0 Å². The average Bonchev–Trinajstić information content (AvgIpc) is 2.73. The Balaban J connectivity index is 1.92. The van der Waals surface area contributed by atoms with E-state index >= 15 is 0 Å². The molecule has 5 atom stereocenters. The third kappa shape index (κ3) is 1.27. The molecule has 0 radical (unpaired) electrons. The van der Waals surface area contributed by atoms with Gasteiger partial charge in [-0.15, -0.1) is 0 Å². The van der Waals surface area contributed by atoms with Gasteiger partial charge in [-0.1, -0.05) is 6.92 Å². The van der Waals surface area contributed by atoms with E-state index in [0.717, 1.165) is 28.7 Å². The second-order valence-corrected chi connectivity index (χ2v) is 7.88. The van der Waals surface area contributed by atoms with Crippen molar-refractivity contribution in [3.8, 4) is 0 Å². The van der Waals surface area contributed by atoms with Crippen LogP contribution in [0.1, 0.15) is 42.0 Å². The predicted molar refractivity (Wildman–Crippen MR) is 83.0 cm³/mol. The van der Waals surface area contributed by atoms with E-state index in [1.54, 1.807) is 12.1 Å². The summed E-state index contributed by atoms with van der Waals surface area (Å²) in [5.74, 6) is -0.196. The molecule has 23 heavy (non-hydrogen) atoms. The van der Waals surface area contributed by atoms with Gasteiger partial charge in [0.1, 0.15) is 17.1 Å². The molecule has 4 heteroatoms. The van der Waals surface area contributed by atoms with Crippen molar-refractivity contribution in [2.75, 3.05) is 0 Å². The monoisotopic (exact) mass is 312 g/mol. The van der Waals surface area contributed by atoms with E-state index in [4.69, 9.17) is 4.74 Å². The number of aliphatic hydroxyl groups is 1. The normalized spacial score (nSPS) is 42.4. The predicted octanol–water partition coefficient (Wildman–Crippen LogP) is 1.61. The number of ether oxygens (including phenoxy) is 1. The van der Waals surface area contributed by atoms with Crippen LogP contribution in [0.2, 0.25) is 0 Å². The second-order valence-electron chi connectivity index (χ2n) is 7.88. The van der Waals surface area contributed by atoms with Crippen LogP contribution in [-0.4, -0.2) is 17.2 Å². The number of hydrogen-bond donors (Lipinski definition) is 1. The highest BCUT2D eigenvalue weighted by Crippen LogP contribution is 2.68. The van der Waals surface area contributed by atoms with Crippen molar-refractivity contribution in [3.63, 3.8) is 0 Å². The number of esters is 1. The maximum absolute atomic E-state index is 12.8. The summed E-state index contributed by atoms with van der Waals surface area (Å²) in [5.41, 5.74) is 1.78. The van der Waals surface area contributed by atoms with E-state index in [0.29, 0.717) is 19.3 Å². The molecule has 4 nitrogen and oxygen atoms in total. The molecule has 0 amide bonds. The molecule has 2 bridgehead atoms. The van der Waals surface area contributed by atoms with Gasteiger partial charge in [0.15, 0.2) is 5.43 Å². The minimum absolute atomic E-state index is 0.0143. The first kappa shape index (κ1) is 13.7. The molecular weight excluding hydrogens is 292 g/mol. The molecule has 1 unspecified atom stereocenters. The van der Waals surface area contributed by atoms with Gasteiger partial charge < -0.3 is 9.84 Å². The molecule has 1 saturated carbocycles. The van der Waals surface area contributed by atoms with Crippen LogP contribution in [0.3, 0.4) is 0 Å². The highest BCUT2D eigenvalue weighted by atomic mass is 16.6. The Hall–Kier alpha value is -1.68. The molecule has 3 fully saturated rings. The van der Waals surface area contributed by atoms with Gasteiger partial charge in [-0.3, -0.25) is 9.59 Å². The Morgan fingerprint density at radius 3 is 2.83 bits per heavy atom. The Bertz CT molecular complexity index is 829. The Kier molecular flexibility index (Phi) is 2.31. The fourth-order valence-electron chi connectivity index (χ4n) is 6.11. The first-order valence-corrected chi connectivity index (χ1v) is 8.50. The Morgan fingerprint density at radius 1 is 1.30 bits per heavy atom. The fraction of sp³-hybridized carbons (Fsp3) is 0.579. The zero-order valence-corrected chi connectivity index (χ0v) is 13.4. The maximum Gasteiger partial charge on any atom is 0.315 e. The highest BCUT2D eigenvalue weighted by molar-refractivity contribution is 5.83. The van der Waals surface area contributed by atoms with Crippen LogP contribution >= 0.6 is 0 Å². The summed E-state index contributed by atoms with van der Waals surface area (Å²) in [6.07, 6.45) is 2.55. The van der Waals surface area contributed by atoms with Gasteiger partial charge in [-0.25, -0.2) is 0 Å². The van der Waals surface area contributed by atoms with Gasteiger partial charge in [0.05, 0.1) is 0 Å². The molecule has 2 heterocycles. The third-order valence-corrected chi connectivity index (χ3v) is 7.08. The number of rotatable bonds is 0. The van der Waals surface area contributed by atoms with Crippen LogP contribution in [0.4, 0.5) is 0 Å². The molecule has 2 aliphatic heterocycles. The van der Waals surface area contributed by atoms with E-state index in [2.05, 4.69) is 6.92 Å². The SMILES string of the molecule is Cc1cc(=O)cc2c3c1C[C@H]1[C@H]4C[C@@H](C)[C@@](CC2)(C(=O)O4)C31O. The number of aryl methyl sites for hydroxylation is 2. The van der Waals surface area contributed by atoms with Crippen LogP contribution in [0, 0.1) is 24.2 Å². The van der Waals surface area contributed by atoms with Crippen molar-refractivity contribution in [1.29, 1.82) is 0 Å². The third-order valence-electron chi connectivity index (χ3n) is 7.08. The molecule has 1 spiro atoms. The lowest BCUT2D eigenvalue weighted by Gasteiger charge is -2.62. The molecule has 1 N–H and O–H groups in total.